The predicted octanol–water partition coefficient (Wildman–Crippen LogP) is 3.14. The lowest BCUT2D eigenvalue weighted by molar-refractivity contribution is 0.290. The molecule has 0 saturated carbocycles. The van der Waals surface area contributed by atoms with Crippen LogP contribution in [0.25, 0.3) is 0 Å². The molecular weight excluding hydrogens is 292 g/mol. The van der Waals surface area contributed by atoms with Crippen molar-refractivity contribution >= 4 is 15.9 Å². The van der Waals surface area contributed by atoms with Gasteiger partial charge >= 0.3 is 0 Å². The fourth-order valence-corrected chi connectivity index (χ4v) is 1.88. The number of nitrogens with zero attached hydrogens (tertiary/aromatic N) is 1. The van der Waals surface area contributed by atoms with Gasteiger partial charge in [-0.25, -0.2) is 4.98 Å². The molecule has 2 aromatic rings. The third-order valence-corrected chi connectivity index (χ3v) is 3.03. The van der Waals surface area contributed by atoms with Crippen LogP contribution in [0.2, 0.25) is 0 Å². The summed E-state index contributed by atoms with van der Waals surface area (Å²) < 4.78 is 6.82. The van der Waals surface area contributed by atoms with Crippen LogP contribution in [0.1, 0.15) is 11.1 Å². The Kier molecular flexibility index (Phi) is 4.73. The topological polar surface area (TPSA) is 34.2 Å². The van der Waals surface area contributed by atoms with E-state index < -0.39 is 0 Å². The molecular formula is C14H15BrN2O. The van der Waals surface area contributed by atoms with Crippen LogP contribution in [0.4, 0.5) is 0 Å². The molecule has 0 bridgehead atoms. The largest absolute Gasteiger partial charge is 0.473 e. The lowest BCUT2D eigenvalue weighted by Gasteiger charge is -2.09. The molecule has 1 aromatic carbocycles. The van der Waals surface area contributed by atoms with Crippen molar-refractivity contribution in [3.63, 3.8) is 0 Å². The lowest BCUT2D eigenvalue weighted by atomic mass is 10.2. The Morgan fingerprint density at radius 2 is 2.00 bits per heavy atom. The normalized spacial score (nSPS) is 10.3. The predicted molar refractivity (Wildman–Crippen MR) is 75.5 cm³/mol. The van der Waals surface area contributed by atoms with Crippen LogP contribution >= 0.6 is 15.9 Å². The van der Waals surface area contributed by atoms with Gasteiger partial charge in [0.15, 0.2) is 0 Å². The lowest BCUT2D eigenvalue weighted by Crippen LogP contribution is -2.08. The maximum Gasteiger partial charge on any atom is 0.218 e. The summed E-state index contributed by atoms with van der Waals surface area (Å²) in [5.41, 5.74) is 2.19. The molecule has 3 nitrogen and oxygen atoms in total. The Labute approximate surface area is 115 Å². The van der Waals surface area contributed by atoms with Gasteiger partial charge in [-0.2, -0.15) is 0 Å². The van der Waals surface area contributed by atoms with Crippen molar-refractivity contribution in [3.8, 4) is 5.88 Å². The van der Waals surface area contributed by atoms with Crippen molar-refractivity contribution in [1.82, 2.24) is 10.3 Å². The van der Waals surface area contributed by atoms with Gasteiger partial charge in [0.1, 0.15) is 6.61 Å². The summed E-state index contributed by atoms with van der Waals surface area (Å²) >= 11 is 3.41. The van der Waals surface area contributed by atoms with Crippen molar-refractivity contribution in [3.05, 3.63) is 58.2 Å². The number of halogens is 1. The molecule has 4 heteroatoms. The van der Waals surface area contributed by atoms with Crippen LogP contribution in [0, 0.1) is 0 Å². The molecule has 18 heavy (non-hydrogen) atoms. The van der Waals surface area contributed by atoms with Gasteiger partial charge in [0, 0.05) is 22.8 Å². The first kappa shape index (κ1) is 13.1. The quantitative estimate of drug-likeness (QED) is 0.921. The zero-order valence-electron chi connectivity index (χ0n) is 10.2. The van der Waals surface area contributed by atoms with Crippen LogP contribution < -0.4 is 10.1 Å². The molecule has 1 aromatic heterocycles. The molecule has 2 rings (SSSR count). The van der Waals surface area contributed by atoms with E-state index in [1.807, 2.05) is 43.4 Å². The Bertz CT molecular complexity index is 499. The maximum absolute atomic E-state index is 5.75. The van der Waals surface area contributed by atoms with E-state index in [1.54, 1.807) is 6.20 Å². The Morgan fingerprint density at radius 3 is 2.72 bits per heavy atom. The highest BCUT2D eigenvalue weighted by atomic mass is 79.9. The molecule has 0 aliphatic rings. The van der Waals surface area contributed by atoms with Crippen LogP contribution in [0.5, 0.6) is 5.88 Å². The van der Waals surface area contributed by atoms with E-state index in [1.165, 1.54) is 0 Å². The van der Waals surface area contributed by atoms with Gasteiger partial charge in [0.2, 0.25) is 5.88 Å². The van der Waals surface area contributed by atoms with E-state index in [-0.39, 0.29) is 0 Å². The maximum atomic E-state index is 5.75. The molecule has 0 saturated heterocycles. The van der Waals surface area contributed by atoms with Crippen molar-refractivity contribution in [2.24, 2.45) is 0 Å². The Hall–Kier alpha value is -1.39. The minimum atomic E-state index is 0.529. The first-order valence-electron chi connectivity index (χ1n) is 5.75. The van der Waals surface area contributed by atoms with Crippen molar-refractivity contribution < 1.29 is 4.74 Å². The summed E-state index contributed by atoms with van der Waals surface area (Å²) in [6.07, 6.45) is 1.75. The first-order chi connectivity index (χ1) is 8.79. The van der Waals surface area contributed by atoms with Crippen LogP contribution in [0.3, 0.4) is 0 Å². The number of aromatic nitrogens is 1. The number of rotatable bonds is 5. The van der Waals surface area contributed by atoms with E-state index in [2.05, 4.69) is 26.2 Å². The van der Waals surface area contributed by atoms with Crippen molar-refractivity contribution in [2.45, 2.75) is 13.2 Å². The summed E-state index contributed by atoms with van der Waals surface area (Å²) in [6.45, 7) is 1.28. The standard InChI is InChI=1S/C14H15BrN2O/c1-16-9-12-3-2-8-17-14(12)18-10-11-4-6-13(15)7-5-11/h2-8,16H,9-10H2,1H3. The average Bonchev–Trinajstić information content (AvgIpc) is 2.40. The van der Waals surface area contributed by atoms with Gasteiger partial charge in [0.05, 0.1) is 0 Å². The Morgan fingerprint density at radius 1 is 1.22 bits per heavy atom. The number of pyridine rings is 1. The van der Waals surface area contributed by atoms with E-state index in [4.69, 9.17) is 4.74 Å². The second-order valence-electron chi connectivity index (χ2n) is 3.91. The number of hydrogen-bond acceptors (Lipinski definition) is 3. The number of nitrogens with one attached hydrogen (secondary N) is 1. The smallest absolute Gasteiger partial charge is 0.218 e. The van der Waals surface area contributed by atoms with Gasteiger partial charge in [-0.15, -0.1) is 0 Å². The first-order valence-corrected chi connectivity index (χ1v) is 6.54. The van der Waals surface area contributed by atoms with E-state index in [0.717, 1.165) is 22.1 Å². The summed E-state index contributed by atoms with van der Waals surface area (Å²) in [5.74, 6) is 0.690. The molecule has 1 heterocycles. The molecule has 0 amide bonds. The molecule has 0 unspecified atom stereocenters. The molecule has 94 valence electrons. The van der Waals surface area contributed by atoms with Gasteiger partial charge in [-0.3, -0.25) is 0 Å². The highest BCUT2D eigenvalue weighted by Gasteiger charge is 2.03. The van der Waals surface area contributed by atoms with Crippen LogP contribution in [0.15, 0.2) is 47.1 Å². The second kappa shape index (κ2) is 6.52. The van der Waals surface area contributed by atoms with Crippen LogP contribution in [-0.4, -0.2) is 12.0 Å². The van der Waals surface area contributed by atoms with Crippen LogP contribution in [-0.2, 0) is 13.2 Å². The molecule has 0 spiro atoms. The number of ether oxygens (including phenoxy) is 1. The van der Waals surface area contributed by atoms with Gasteiger partial charge in [0.25, 0.3) is 0 Å². The zero-order valence-corrected chi connectivity index (χ0v) is 11.8. The van der Waals surface area contributed by atoms with Gasteiger partial charge in [-0.1, -0.05) is 34.1 Å². The second-order valence-corrected chi connectivity index (χ2v) is 4.83. The average molecular weight is 307 g/mol. The van der Waals surface area contributed by atoms with Crippen molar-refractivity contribution in [2.75, 3.05) is 7.05 Å². The molecule has 0 radical (unpaired) electrons. The molecule has 0 aliphatic heterocycles. The zero-order chi connectivity index (χ0) is 12.8. The molecule has 0 aliphatic carbocycles. The highest BCUT2D eigenvalue weighted by Crippen LogP contribution is 2.17. The molecule has 0 atom stereocenters. The summed E-state index contributed by atoms with van der Waals surface area (Å²) in [5, 5.41) is 3.10. The third kappa shape index (κ3) is 3.55. The van der Waals surface area contributed by atoms with Gasteiger partial charge in [-0.05, 0) is 30.8 Å². The minimum absolute atomic E-state index is 0.529. The summed E-state index contributed by atoms with van der Waals surface area (Å²) in [6, 6.07) is 12.0. The Balaban J connectivity index is 2.03. The summed E-state index contributed by atoms with van der Waals surface area (Å²) in [4.78, 5) is 4.26. The third-order valence-electron chi connectivity index (χ3n) is 2.51. The van der Waals surface area contributed by atoms with E-state index >= 15 is 0 Å². The molecule has 0 fully saturated rings. The number of hydrogen-bond donors (Lipinski definition) is 1. The summed E-state index contributed by atoms with van der Waals surface area (Å²) in [7, 11) is 1.91. The molecule has 1 N–H and O–H groups in total. The van der Waals surface area contributed by atoms with Crippen molar-refractivity contribution in [1.29, 1.82) is 0 Å². The van der Waals surface area contributed by atoms with Gasteiger partial charge < -0.3 is 10.1 Å². The minimum Gasteiger partial charge on any atom is -0.473 e. The van der Waals surface area contributed by atoms with E-state index in [9.17, 15) is 0 Å². The SMILES string of the molecule is CNCc1cccnc1OCc1ccc(Br)cc1. The monoisotopic (exact) mass is 306 g/mol. The fraction of sp³-hybridized carbons (Fsp3) is 0.214. The number of benzene rings is 1. The fourth-order valence-electron chi connectivity index (χ4n) is 1.61. The highest BCUT2D eigenvalue weighted by molar-refractivity contribution is 9.10. The van der Waals surface area contributed by atoms with E-state index in [0.29, 0.717) is 12.5 Å².